The van der Waals surface area contributed by atoms with E-state index in [1.54, 1.807) is 30.3 Å². The Bertz CT molecular complexity index is 1210. The molecule has 0 radical (unpaired) electrons. The zero-order valence-corrected chi connectivity index (χ0v) is 20.6. The molecule has 0 saturated carbocycles. The minimum Gasteiger partial charge on any atom is -0.494 e. The molecular weight excluding hydrogens is 450 g/mol. The molecule has 0 saturated heterocycles. The summed E-state index contributed by atoms with van der Waals surface area (Å²) in [7, 11) is -1.74. The van der Waals surface area contributed by atoms with Crippen LogP contribution < -0.4 is 14.8 Å². The van der Waals surface area contributed by atoms with Gasteiger partial charge in [-0.3, -0.25) is 9.52 Å². The average Bonchev–Trinajstić information content (AvgIpc) is 2.83. The predicted octanol–water partition coefficient (Wildman–Crippen LogP) is 4.27. The molecule has 0 heterocycles. The number of rotatable bonds is 11. The van der Waals surface area contributed by atoms with Gasteiger partial charge in [-0.1, -0.05) is 37.3 Å². The standard InChI is InChI=1S/C26H31N3O4S/c1-4-29(3)19-21-9-6-8-20(16-21)18-27-26(30)22-10-7-11-23(17-22)28-34(31,32)25-14-12-24(13-15-25)33-5-2/h6-17,28H,4-5,18-19H2,1-3H3,(H,27,30). The van der Waals surface area contributed by atoms with Crippen molar-refractivity contribution >= 4 is 21.6 Å². The van der Waals surface area contributed by atoms with E-state index in [9.17, 15) is 13.2 Å². The Morgan fingerprint density at radius 1 is 0.941 bits per heavy atom. The number of amides is 1. The second-order valence-corrected chi connectivity index (χ2v) is 9.61. The largest absolute Gasteiger partial charge is 0.494 e. The SMILES string of the molecule is CCOc1ccc(S(=O)(=O)Nc2cccc(C(=O)NCc3cccc(CN(C)CC)c3)c2)cc1. The number of ether oxygens (including phenoxy) is 1. The van der Waals surface area contributed by atoms with Crippen LogP contribution in [0.15, 0.2) is 77.7 Å². The van der Waals surface area contributed by atoms with Crippen LogP contribution in [-0.2, 0) is 23.1 Å². The Morgan fingerprint density at radius 3 is 2.35 bits per heavy atom. The second kappa shape index (κ2) is 11.7. The fraction of sp³-hybridized carbons (Fsp3) is 0.269. The maximum atomic E-state index is 12.7. The van der Waals surface area contributed by atoms with E-state index in [1.807, 2.05) is 19.1 Å². The molecule has 1 amide bonds. The van der Waals surface area contributed by atoms with Crippen LogP contribution in [0.3, 0.4) is 0 Å². The van der Waals surface area contributed by atoms with Crippen LogP contribution in [-0.4, -0.2) is 39.4 Å². The summed E-state index contributed by atoms with van der Waals surface area (Å²) < 4.78 is 33.4. The average molecular weight is 482 g/mol. The summed E-state index contributed by atoms with van der Waals surface area (Å²) in [6, 6.07) is 20.7. The van der Waals surface area contributed by atoms with Gasteiger partial charge in [-0.05, 0) is 74.1 Å². The van der Waals surface area contributed by atoms with Gasteiger partial charge in [0.1, 0.15) is 5.75 Å². The molecule has 7 nitrogen and oxygen atoms in total. The van der Waals surface area contributed by atoms with E-state index < -0.39 is 10.0 Å². The normalized spacial score (nSPS) is 11.3. The lowest BCUT2D eigenvalue weighted by Gasteiger charge is -2.14. The topological polar surface area (TPSA) is 87.7 Å². The molecule has 3 aromatic rings. The van der Waals surface area contributed by atoms with Crippen LogP contribution in [0, 0.1) is 0 Å². The highest BCUT2D eigenvalue weighted by atomic mass is 32.2. The van der Waals surface area contributed by atoms with Crippen molar-refractivity contribution in [1.82, 2.24) is 10.2 Å². The molecule has 2 N–H and O–H groups in total. The van der Waals surface area contributed by atoms with Gasteiger partial charge in [-0.2, -0.15) is 0 Å². The molecular formula is C26H31N3O4S. The van der Waals surface area contributed by atoms with Gasteiger partial charge in [0.15, 0.2) is 0 Å². The third kappa shape index (κ3) is 7.07. The van der Waals surface area contributed by atoms with Gasteiger partial charge < -0.3 is 15.0 Å². The maximum absolute atomic E-state index is 12.7. The van der Waals surface area contributed by atoms with Gasteiger partial charge in [0.25, 0.3) is 15.9 Å². The zero-order valence-electron chi connectivity index (χ0n) is 19.7. The lowest BCUT2D eigenvalue weighted by molar-refractivity contribution is 0.0951. The number of benzene rings is 3. The van der Waals surface area contributed by atoms with Crippen LogP contribution in [0.2, 0.25) is 0 Å². The minimum atomic E-state index is -3.80. The number of sulfonamides is 1. The van der Waals surface area contributed by atoms with E-state index in [0.29, 0.717) is 30.2 Å². The molecule has 0 spiro atoms. The first-order chi connectivity index (χ1) is 16.3. The molecule has 3 aromatic carbocycles. The first-order valence-corrected chi connectivity index (χ1v) is 12.7. The predicted molar refractivity (Wildman–Crippen MR) is 134 cm³/mol. The van der Waals surface area contributed by atoms with Gasteiger partial charge in [0, 0.05) is 24.3 Å². The Morgan fingerprint density at radius 2 is 1.65 bits per heavy atom. The molecule has 34 heavy (non-hydrogen) atoms. The smallest absolute Gasteiger partial charge is 0.261 e. The molecule has 3 rings (SSSR count). The molecule has 0 aliphatic carbocycles. The number of carbonyl (C=O) groups excluding carboxylic acids is 1. The van der Waals surface area contributed by atoms with Crippen molar-refractivity contribution in [3.63, 3.8) is 0 Å². The molecule has 0 unspecified atom stereocenters. The number of anilines is 1. The molecule has 0 bridgehead atoms. The lowest BCUT2D eigenvalue weighted by Crippen LogP contribution is -2.23. The minimum absolute atomic E-state index is 0.111. The summed E-state index contributed by atoms with van der Waals surface area (Å²) in [6.07, 6.45) is 0. The Balaban J connectivity index is 1.64. The van der Waals surface area contributed by atoms with Crippen molar-refractivity contribution in [3.05, 3.63) is 89.5 Å². The van der Waals surface area contributed by atoms with Gasteiger partial charge >= 0.3 is 0 Å². The first-order valence-electron chi connectivity index (χ1n) is 11.2. The third-order valence-corrected chi connectivity index (χ3v) is 6.66. The van der Waals surface area contributed by atoms with Gasteiger partial charge in [0.2, 0.25) is 0 Å². The third-order valence-electron chi connectivity index (χ3n) is 5.26. The van der Waals surface area contributed by atoms with E-state index in [4.69, 9.17) is 4.74 Å². The van der Waals surface area contributed by atoms with E-state index in [-0.39, 0.29) is 10.8 Å². The number of nitrogens with one attached hydrogen (secondary N) is 2. The van der Waals surface area contributed by atoms with Crippen molar-refractivity contribution < 1.29 is 17.9 Å². The molecule has 0 aliphatic heterocycles. The maximum Gasteiger partial charge on any atom is 0.261 e. The summed E-state index contributed by atoms with van der Waals surface area (Å²) in [5.74, 6) is 0.321. The summed E-state index contributed by atoms with van der Waals surface area (Å²) in [4.78, 5) is 15.0. The number of hydrogen-bond acceptors (Lipinski definition) is 5. The van der Waals surface area contributed by atoms with Crippen LogP contribution in [0.25, 0.3) is 0 Å². The summed E-state index contributed by atoms with van der Waals surface area (Å²) in [5, 5.41) is 2.91. The monoisotopic (exact) mass is 481 g/mol. The van der Waals surface area contributed by atoms with Crippen molar-refractivity contribution in [2.75, 3.05) is 24.9 Å². The van der Waals surface area contributed by atoms with E-state index >= 15 is 0 Å². The fourth-order valence-electron chi connectivity index (χ4n) is 3.37. The van der Waals surface area contributed by atoms with E-state index in [2.05, 4.69) is 41.0 Å². The highest BCUT2D eigenvalue weighted by Crippen LogP contribution is 2.20. The molecule has 0 fully saturated rings. The van der Waals surface area contributed by atoms with Crippen molar-refractivity contribution in [1.29, 1.82) is 0 Å². The van der Waals surface area contributed by atoms with Crippen LogP contribution >= 0.6 is 0 Å². The van der Waals surface area contributed by atoms with Crippen LogP contribution in [0.5, 0.6) is 5.75 Å². The number of hydrogen-bond donors (Lipinski definition) is 2. The second-order valence-electron chi connectivity index (χ2n) is 7.92. The van der Waals surface area contributed by atoms with Gasteiger partial charge in [-0.15, -0.1) is 0 Å². The molecule has 8 heteroatoms. The Hall–Kier alpha value is -3.36. The summed E-state index contributed by atoms with van der Waals surface area (Å²) in [6.45, 7) is 6.65. The molecule has 0 aromatic heterocycles. The summed E-state index contributed by atoms with van der Waals surface area (Å²) in [5.41, 5.74) is 2.87. The fourth-order valence-corrected chi connectivity index (χ4v) is 4.42. The van der Waals surface area contributed by atoms with Gasteiger partial charge in [-0.25, -0.2) is 8.42 Å². The van der Waals surface area contributed by atoms with Crippen LogP contribution in [0.1, 0.15) is 35.3 Å². The highest BCUT2D eigenvalue weighted by Gasteiger charge is 2.15. The summed E-state index contributed by atoms with van der Waals surface area (Å²) >= 11 is 0. The molecule has 180 valence electrons. The van der Waals surface area contributed by atoms with Crippen molar-refractivity contribution in [2.45, 2.75) is 31.8 Å². The quantitative estimate of drug-likeness (QED) is 0.427. The number of nitrogens with zero attached hydrogens (tertiary/aromatic N) is 1. The van der Waals surface area contributed by atoms with Crippen LogP contribution in [0.4, 0.5) is 5.69 Å². The van der Waals surface area contributed by atoms with Crippen molar-refractivity contribution in [2.24, 2.45) is 0 Å². The number of carbonyl (C=O) groups is 1. The van der Waals surface area contributed by atoms with E-state index in [1.165, 1.54) is 23.8 Å². The molecule has 0 aliphatic rings. The molecule has 0 atom stereocenters. The Kier molecular flexibility index (Phi) is 8.67. The first kappa shape index (κ1) is 25.3. The van der Waals surface area contributed by atoms with Crippen molar-refractivity contribution in [3.8, 4) is 5.75 Å². The Labute approximate surface area is 201 Å². The lowest BCUT2D eigenvalue weighted by atomic mass is 10.1. The zero-order chi connectivity index (χ0) is 24.6. The van der Waals surface area contributed by atoms with E-state index in [0.717, 1.165) is 18.7 Å². The highest BCUT2D eigenvalue weighted by molar-refractivity contribution is 7.92. The van der Waals surface area contributed by atoms with Gasteiger partial charge in [0.05, 0.1) is 11.5 Å².